The molecule has 0 fully saturated rings. The van der Waals surface area contributed by atoms with Crippen LogP contribution in [0.4, 0.5) is 0 Å². The van der Waals surface area contributed by atoms with E-state index in [1.54, 1.807) is 60.7 Å². The van der Waals surface area contributed by atoms with Crippen LogP contribution in [0.1, 0.15) is 51.8 Å². The van der Waals surface area contributed by atoms with Crippen molar-refractivity contribution in [2.24, 2.45) is 11.1 Å². The zero-order valence-electron chi connectivity index (χ0n) is 18.2. The van der Waals surface area contributed by atoms with Crippen molar-refractivity contribution < 1.29 is 23.9 Å². The van der Waals surface area contributed by atoms with Gasteiger partial charge in [-0.05, 0) is 47.9 Å². The molecule has 0 radical (unpaired) electrons. The first-order valence-electron chi connectivity index (χ1n) is 10.1. The Labute approximate surface area is 187 Å². The Kier molecular flexibility index (Phi) is 6.85. The fourth-order valence-corrected chi connectivity index (χ4v) is 2.86. The van der Waals surface area contributed by atoms with Crippen LogP contribution >= 0.6 is 0 Å². The van der Waals surface area contributed by atoms with Crippen molar-refractivity contribution in [3.05, 3.63) is 95.6 Å². The van der Waals surface area contributed by atoms with Crippen molar-refractivity contribution in [1.82, 2.24) is 0 Å². The number of hydrogen-bond acceptors (Lipinski definition) is 6. The van der Waals surface area contributed by atoms with Gasteiger partial charge in [0.25, 0.3) is 0 Å². The Morgan fingerprint density at radius 2 is 1.16 bits per heavy atom. The van der Waals surface area contributed by atoms with Crippen LogP contribution in [0.3, 0.4) is 0 Å². The summed E-state index contributed by atoms with van der Waals surface area (Å²) >= 11 is 0. The smallest absolute Gasteiger partial charge is 0.343 e. The summed E-state index contributed by atoms with van der Waals surface area (Å²) in [4.78, 5) is 38.0. The number of ether oxygens (including phenoxy) is 2. The van der Waals surface area contributed by atoms with Crippen molar-refractivity contribution in [3.63, 3.8) is 0 Å². The summed E-state index contributed by atoms with van der Waals surface area (Å²) in [5, 5.41) is 0. The van der Waals surface area contributed by atoms with Gasteiger partial charge in [0.15, 0.2) is 17.3 Å². The lowest BCUT2D eigenvalue weighted by molar-refractivity contribution is 0.0682. The molecule has 0 bridgehead atoms. The van der Waals surface area contributed by atoms with E-state index < -0.39 is 23.4 Å². The second-order valence-corrected chi connectivity index (χ2v) is 8.38. The van der Waals surface area contributed by atoms with E-state index >= 15 is 0 Å². The van der Waals surface area contributed by atoms with E-state index in [0.717, 1.165) is 0 Å². The predicted octanol–water partition coefficient (Wildman–Crippen LogP) is 4.68. The summed E-state index contributed by atoms with van der Waals surface area (Å²) in [7, 11) is 0. The molecule has 0 aliphatic carbocycles. The number of hydrogen-bond donors (Lipinski definition) is 1. The third kappa shape index (κ3) is 5.47. The second kappa shape index (κ2) is 9.58. The summed E-state index contributed by atoms with van der Waals surface area (Å²) in [6.07, 6.45) is 0. The molecule has 6 heteroatoms. The minimum Gasteiger partial charge on any atom is -0.419 e. The Morgan fingerprint density at radius 1 is 0.688 bits per heavy atom. The van der Waals surface area contributed by atoms with E-state index in [9.17, 15) is 14.4 Å². The molecule has 3 aromatic rings. The highest BCUT2D eigenvalue weighted by Gasteiger charge is 2.29. The lowest BCUT2D eigenvalue weighted by Crippen LogP contribution is -2.42. The molecule has 0 spiro atoms. The third-order valence-corrected chi connectivity index (χ3v) is 4.87. The molecule has 3 aromatic carbocycles. The van der Waals surface area contributed by atoms with E-state index in [4.69, 9.17) is 15.2 Å². The van der Waals surface area contributed by atoms with E-state index in [-0.39, 0.29) is 22.8 Å². The molecule has 1 unspecified atom stereocenters. The molecule has 0 aliphatic rings. The fourth-order valence-electron chi connectivity index (χ4n) is 2.86. The molecule has 0 aromatic heterocycles. The summed E-state index contributed by atoms with van der Waals surface area (Å²) in [5.74, 6) is -1.60. The van der Waals surface area contributed by atoms with Crippen LogP contribution in [0.2, 0.25) is 0 Å². The quantitative estimate of drug-likeness (QED) is 0.346. The third-order valence-electron chi connectivity index (χ3n) is 4.87. The maximum absolute atomic E-state index is 12.9. The molecule has 2 N–H and O–H groups in total. The van der Waals surface area contributed by atoms with Gasteiger partial charge in [-0.25, -0.2) is 9.59 Å². The number of carbonyl (C=O) groups is 3. The summed E-state index contributed by atoms with van der Waals surface area (Å²) < 4.78 is 11.0. The minimum atomic E-state index is -0.766. The first-order chi connectivity index (χ1) is 15.2. The largest absolute Gasteiger partial charge is 0.419 e. The average Bonchev–Trinajstić information content (AvgIpc) is 2.79. The number of benzene rings is 3. The zero-order valence-corrected chi connectivity index (χ0v) is 18.2. The van der Waals surface area contributed by atoms with Crippen LogP contribution in [0.25, 0.3) is 0 Å². The standard InChI is InChI=1S/C26H25NO5/c1-26(2,3)23(27)22(28)19-14-15-20(31-24(29)17-10-6-4-7-11-17)21(16-19)32-25(30)18-12-8-5-9-13-18/h4-16,23H,27H2,1-3H3. The lowest BCUT2D eigenvalue weighted by atomic mass is 9.83. The Morgan fingerprint density at radius 3 is 1.62 bits per heavy atom. The molecular formula is C26H25NO5. The zero-order chi connectivity index (χ0) is 23.3. The van der Waals surface area contributed by atoms with Gasteiger partial charge in [-0.3, -0.25) is 4.79 Å². The molecule has 3 rings (SSSR count). The first kappa shape index (κ1) is 22.9. The van der Waals surface area contributed by atoms with Gasteiger partial charge in [-0.2, -0.15) is 0 Å². The highest BCUT2D eigenvalue weighted by atomic mass is 16.6. The van der Waals surface area contributed by atoms with Crippen LogP contribution in [0.5, 0.6) is 11.5 Å². The molecule has 0 saturated heterocycles. The Bertz CT molecular complexity index is 1120. The van der Waals surface area contributed by atoms with Gasteiger partial charge in [-0.1, -0.05) is 57.2 Å². The number of Topliss-reactive ketones (excluding diaryl/α,β-unsaturated/α-hetero) is 1. The number of ketones is 1. The van der Waals surface area contributed by atoms with E-state index in [1.807, 2.05) is 20.8 Å². The molecule has 0 aliphatic heterocycles. The van der Waals surface area contributed by atoms with Crippen LogP contribution < -0.4 is 15.2 Å². The molecule has 0 saturated carbocycles. The minimum absolute atomic E-state index is 0.0176. The number of esters is 2. The van der Waals surface area contributed by atoms with Crippen LogP contribution in [0, 0.1) is 5.41 Å². The summed E-state index contributed by atoms with van der Waals surface area (Å²) in [5.41, 5.74) is 6.56. The molecule has 0 heterocycles. The van der Waals surface area contributed by atoms with Gasteiger partial charge >= 0.3 is 11.9 Å². The summed E-state index contributed by atoms with van der Waals surface area (Å²) in [6, 6.07) is 20.3. The highest BCUT2D eigenvalue weighted by molar-refractivity contribution is 6.01. The molecule has 1 atom stereocenters. The topological polar surface area (TPSA) is 95.7 Å². The van der Waals surface area contributed by atoms with Gasteiger partial charge < -0.3 is 15.2 Å². The van der Waals surface area contributed by atoms with Crippen LogP contribution in [-0.2, 0) is 0 Å². The van der Waals surface area contributed by atoms with Crippen LogP contribution in [0.15, 0.2) is 78.9 Å². The maximum atomic E-state index is 12.9. The molecule has 0 amide bonds. The van der Waals surface area contributed by atoms with Crippen molar-refractivity contribution in [3.8, 4) is 11.5 Å². The van der Waals surface area contributed by atoms with E-state index in [0.29, 0.717) is 11.1 Å². The van der Waals surface area contributed by atoms with Gasteiger partial charge in [0.2, 0.25) is 0 Å². The average molecular weight is 431 g/mol. The monoisotopic (exact) mass is 431 g/mol. The predicted molar refractivity (Wildman–Crippen MR) is 121 cm³/mol. The van der Waals surface area contributed by atoms with Crippen molar-refractivity contribution in [1.29, 1.82) is 0 Å². The molecule has 164 valence electrons. The maximum Gasteiger partial charge on any atom is 0.343 e. The second-order valence-electron chi connectivity index (χ2n) is 8.38. The van der Waals surface area contributed by atoms with Gasteiger partial charge in [-0.15, -0.1) is 0 Å². The van der Waals surface area contributed by atoms with Crippen LogP contribution in [-0.4, -0.2) is 23.8 Å². The highest BCUT2D eigenvalue weighted by Crippen LogP contribution is 2.32. The van der Waals surface area contributed by atoms with Gasteiger partial charge in [0.05, 0.1) is 17.2 Å². The fraction of sp³-hybridized carbons (Fsp3) is 0.192. The number of rotatable bonds is 6. The Balaban J connectivity index is 1.95. The first-order valence-corrected chi connectivity index (χ1v) is 10.1. The van der Waals surface area contributed by atoms with E-state index in [2.05, 4.69) is 0 Å². The lowest BCUT2D eigenvalue weighted by Gasteiger charge is -2.25. The SMILES string of the molecule is CC(C)(C)C(N)C(=O)c1ccc(OC(=O)c2ccccc2)c(OC(=O)c2ccccc2)c1. The van der Waals surface area contributed by atoms with Gasteiger partial charge in [0.1, 0.15) is 0 Å². The molecule has 32 heavy (non-hydrogen) atoms. The Hall–Kier alpha value is -3.77. The van der Waals surface area contributed by atoms with E-state index in [1.165, 1.54) is 18.2 Å². The molecule has 6 nitrogen and oxygen atoms in total. The number of carbonyl (C=O) groups excluding carboxylic acids is 3. The van der Waals surface area contributed by atoms with Crippen molar-refractivity contribution in [2.75, 3.05) is 0 Å². The normalized spacial score (nSPS) is 12.0. The van der Waals surface area contributed by atoms with Crippen molar-refractivity contribution in [2.45, 2.75) is 26.8 Å². The summed E-state index contributed by atoms with van der Waals surface area (Å²) in [6.45, 7) is 5.59. The molecular weight excluding hydrogens is 406 g/mol. The van der Waals surface area contributed by atoms with Crippen molar-refractivity contribution >= 4 is 17.7 Å². The number of nitrogens with two attached hydrogens (primary N) is 1. The van der Waals surface area contributed by atoms with Gasteiger partial charge in [0, 0.05) is 5.56 Å².